The van der Waals surface area contributed by atoms with Crippen molar-refractivity contribution in [3.8, 4) is 0 Å². The average Bonchev–Trinajstić information content (AvgIpc) is 2.38. The Hall–Kier alpha value is -1.08. The van der Waals surface area contributed by atoms with E-state index in [9.17, 15) is 0 Å². The molecule has 94 valence electrons. The van der Waals surface area contributed by atoms with Crippen molar-refractivity contribution >= 4 is 0 Å². The molecule has 1 aromatic rings. The van der Waals surface area contributed by atoms with Crippen molar-refractivity contribution in [1.82, 2.24) is 0 Å². The topological polar surface area (TPSA) is 20.2 Å². The van der Waals surface area contributed by atoms with Crippen molar-refractivity contribution in [2.24, 2.45) is 0 Å². The van der Waals surface area contributed by atoms with Crippen LogP contribution in [0.4, 0.5) is 0 Å². The maximum absolute atomic E-state index is 8.63. The molecule has 1 N–H and O–H groups in total. The minimum absolute atomic E-state index is 0.340. The van der Waals surface area contributed by atoms with Crippen molar-refractivity contribution in [3.63, 3.8) is 0 Å². The molecular formula is C16H24O. The fourth-order valence-corrected chi connectivity index (χ4v) is 1.86. The minimum Gasteiger partial charge on any atom is -0.396 e. The first-order chi connectivity index (χ1) is 8.43. The predicted octanol–water partition coefficient (Wildman–Crippen LogP) is 4.12. The van der Waals surface area contributed by atoms with Crippen LogP contribution in [0.25, 0.3) is 0 Å². The number of aliphatic hydroxyl groups excluding tert-OH is 1. The maximum atomic E-state index is 8.63. The third kappa shape index (κ3) is 7.76. The van der Waals surface area contributed by atoms with Gasteiger partial charge in [-0.1, -0.05) is 55.3 Å². The standard InChI is InChI=1S/C16H24O/c17-15-11-6-4-2-1-3-5-8-12-16-13-9-7-10-14-16/h3,5,7,9-10,13-14,17H,1-2,4,6,8,11-12,15H2. The lowest BCUT2D eigenvalue weighted by Crippen LogP contribution is -1.83. The summed E-state index contributed by atoms with van der Waals surface area (Å²) in [5, 5.41) is 8.63. The van der Waals surface area contributed by atoms with Crippen molar-refractivity contribution in [2.45, 2.75) is 44.9 Å². The zero-order valence-corrected chi connectivity index (χ0v) is 10.6. The Morgan fingerprint density at radius 1 is 0.824 bits per heavy atom. The number of benzene rings is 1. The zero-order valence-electron chi connectivity index (χ0n) is 10.6. The van der Waals surface area contributed by atoms with Gasteiger partial charge in [-0.25, -0.2) is 0 Å². The van der Waals surface area contributed by atoms with Crippen molar-refractivity contribution < 1.29 is 5.11 Å². The molecule has 0 saturated carbocycles. The average molecular weight is 232 g/mol. The molecule has 0 heterocycles. The van der Waals surface area contributed by atoms with E-state index in [4.69, 9.17) is 5.11 Å². The van der Waals surface area contributed by atoms with Gasteiger partial charge in [0.15, 0.2) is 0 Å². The van der Waals surface area contributed by atoms with Gasteiger partial charge >= 0.3 is 0 Å². The number of rotatable bonds is 9. The molecule has 0 amide bonds. The number of aliphatic hydroxyl groups is 1. The van der Waals surface area contributed by atoms with Gasteiger partial charge in [-0.05, 0) is 37.7 Å². The van der Waals surface area contributed by atoms with Crippen LogP contribution in [0, 0.1) is 0 Å². The molecule has 0 bridgehead atoms. The molecule has 0 aromatic heterocycles. The van der Waals surface area contributed by atoms with Crippen LogP contribution in [-0.2, 0) is 6.42 Å². The second-order valence-corrected chi connectivity index (χ2v) is 4.42. The second-order valence-electron chi connectivity index (χ2n) is 4.42. The van der Waals surface area contributed by atoms with Crippen LogP contribution in [0.2, 0.25) is 0 Å². The lowest BCUT2D eigenvalue weighted by molar-refractivity contribution is 0.282. The lowest BCUT2D eigenvalue weighted by Gasteiger charge is -1.97. The number of hydrogen-bond acceptors (Lipinski definition) is 1. The van der Waals surface area contributed by atoms with Gasteiger partial charge in [-0.2, -0.15) is 0 Å². The first-order valence-corrected chi connectivity index (χ1v) is 6.73. The molecule has 17 heavy (non-hydrogen) atoms. The van der Waals surface area contributed by atoms with Gasteiger partial charge in [-0.3, -0.25) is 0 Å². The van der Waals surface area contributed by atoms with E-state index in [1.807, 2.05) is 0 Å². The predicted molar refractivity (Wildman–Crippen MR) is 74.1 cm³/mol. The molecule has 0 aliphatic rings. The van der Waals surface area contributed by atoms with Gasteiger partial charge in [-0.15, -0.1) is 0 Å². The highest BCUT2D eigenvalue weighted by Gasteiger charge is 1.89. The van der Waals surface area contributed by atoms with E-state index >= 15 is 0 Å². The molecule has 0 fully saturated rings. The molecule has 1 heteroatoms. The van der Waals surface area contributed by atoms with Crippen LogP contribution in [0.5, 0.6) is 0 Å². The summed E-state index contributed by atoms with van der Waals surface area (Å²) >= 11 is 0. The normalized spacial score (nSPS) is 11.1. The molecule has 0 atom stereocenters. The van der Waals surface area contributed by atoms with Gasteiger partial charge in [0, 0.05) is 6.61 Å². The van der Waals surface area contributed by atoms with E-state index in [1.54, 1.807) is 0 Å². The molecule has 0 unspecified atom stereocenters. The monoisotopic (exact) mass is 232 g/mol. The molecule has 1 rings (SSSR count). The highest BCUT2D eigenvalue weighted by molar-refractivity contribution is 5.15. The van der Waals surface area contributed by atoms with E-state index in [0.717, 1.165) is 25.7 Å². The summed E-state index contributed by atoms with van der Waals surface area (Å²) < 4.78 is 0. The van der Waals surface area contributed by atoms with Gasteiger partial charge in [0.25, 0.3) is 0 Å². The first-order valence-electron chi connectivity index (χ1n) is 6.73. The molecule has 0 radical (unpaired) electrons. The smallest absolute Gasteiger partial charge is 0.0431 e. The van der Waals surface area contributed by atoms with Crippen LogP contribution in [0.15, 0.2) is 42.5 Å². The van der Waals surface area contributed by atoms with Crippen LogP contribution in [-0.4, -0.2) is 11.7 Å². The summed E-state index contributed by atoms with van der Waals surface area (Å²) in [5.41, 5.74) is 1.42. The number of aryl methyl sites for hydroxylation is 1. The van der Waals surface area contributed by atoms with E-state index in [0.29, 0.717) is 6.61 Å². The minimum atomic E-state index is 0.340. The van der Waals surface area contributed by atoms with Crippen molar-refractivity contribution in [1.29, 1.82) is 0 Å². The Labute approximate surface area is 105 Å². The number of hydrogen-bond donors (Lipinski definition) is 1. The molecule has 1 aromatic carbocycles. The quantitative estimate of drug-likeness (QED) is 0.501. The van der Waals surface area contributed by atoms with E-state index < -0.39 is 0 Å². The number of unbranched alkanes of at least 4 members (excludes halogenated alkanes) is 4. The number of allylic oxidation sites excluding steroid dienone is 2. The fraction of sp³-hybridized carbons (Fsp3) is 0.500. The maximum Gasteiger partial charge on any atom is 0.0431 e. The van der Waals surface area contributed by atoms with E-state index in [1.165, 1.54) is 24.8 Å². The summed E-state index contributed by atoms with van der Waals surface area (Å²) in [6.45, 7) is 0.340. The van der Waals surface area contributed by atoms with Gasteiger partial charge in [0.1, 0.15) is 0 Å². The second kappa shape index (κ2) is 10.1. The summed E-state index contributed by atoms with van der Waals surface area (Å²) in [5.74, 6) is 0. The molecule has 0 spiro atoms. The Morgan fingerprint density at radius 2 is 1.53 bits per heavy atom. The van der Waals surface area contributed by atoms with Crippen molar-refractivity contribution in [3.05, 3.63) is 48.0 Å². The van der Waals surface area contributed by atoms with Crippen LogP contribution in [0.3, 0.4) is 0 Å². The largest absolute Gasteiger partial charge is 0.396 e. The highest BCUT2D eigenvalue weighted by Crippen LogP contribution is 2.05. The van der Waals surface area contributed by atoms with E-state index in [2.05, 4.69) is 42.5 Å². The Morgan fingerprint density at radius 3 is 2.29 bits per heavy atom. The molecular weight excluding hydrogens is 208 g/mol. The summed E-state index contributed by atoms with van der Waals surface area (Å²) in [6.07, 6.45) is 12.7. The Balaban J connectivity index is 1.96. The van der Waals surface area contributed by atoms with Crippen LogP contribution >= 0.6 is 0 Å². The lowest BCUT2D eigenvalue weighted by atomic mass is 10.1. The first kappa shape index (κ1) is 14.0. The summed E-state index contributed by atoms with van der Waals surface area (Å²) in [7, 11) is 0. The third-order valence-electron chi connectivity index (χ3n) is 2.89. The van der Waals surface area contributed by atoms with Gasteiger partial charge in [0.05, 0.1) is 0 Å². The van der Waals surface area contributed by atoms with Gasteiger partial charge < -0.3 is 5.11 Å². The zero-order chi connectivity index (χ0) is 12.2. The van der Waals surface area contributed by atoms with Crippen LogP contribution < -0.4 is 0 Å². The summed E-state index contributed by atoms with van der Waals surface area (Å²) in [4.78, 5) is 0. The molecule has 1 nitrogen and oxygen atoms in total. The fourth-order valence-electron chi connectivity index (χ4n) is 1.86. The van der Waals surface area contributed by atoms with Gasteiger partial charge in [0.2, 0.25) is 0 Å². The van der Waals surface area contributed by atoms with E-state index in [-0.39, 0.29) is 0 Å². The third-order valence-corrected chi connectivity index (χ3v) is 2.89. The van der Waals surface area contributed by atoms with Crippen LogP contribution in [0.1, 0.15) is 44.1 Å². The highest BCUT2D eigenvalue weighted by atomic mass is 16.2. The SMILES string of the molecule is OCCCCCCC=CCCc1ccccc1. The molecule has 0 aliphatic heterocycles. The molecule has 0 aliphatic carbocycles. The Bertz CT molecular complexity index is 290. The Kier molecular flexibility index (Phi) is 8.31. The molecule has 0 saturated heterocycles. The van der Waals surface area contributed by atoms with Crippen molar-refractivity contribution in [2.75, 3.05) is 6.61 Å². The summed E-state index contributed by atoms with van der Waals surface area (Å²) in [6, 6.07) is 10.6.